The zero-order valence-corrected chi connectivity index (χ0v) is 15.8. The Morgan fingerprint density at radius 3 is 2.79 bits per heavy atom. The van der Waals surface area contributed by atoms with Gasteiger partial charge in [0.1, 0.15) is 18.4 Å². The van der Waals surface area contributed by atoms with Gasteiger partial charge in [-0.1, -0.05) is 6.92 Å². The third kappa shape index (κ3) is 3.51. The van der Waals surface area contributed by atoms with Crippen LogP contribution in [0, 0.1) is 17.2 Å². The van der Waals surface area contributed by atoms with Crippen LogP contribution in [0.15, 0.2) is 18.3 Å². The number of halogens is 1. The zero-order chi connectivity index (χ0) is 20.3. The molecule has 0 aliphatic carbocycles. The highest BCUT2D eigenvalue weighted by atomic mass is 19.1. The molecule has 0 spiro atoms. The molecule has 1 saturated heterocycles. The first-order valence-electron chi connectivity index (χ1n) is 8.81. The summed E-state index contributed by atoms with van der Waals surface area (Å²) in [6.45, 7) is 1.91. The summed E-state index contributed by atoms with van der Waals surface area (Å²) in [5, 5.41) is 13.2. The van der Waals surface area contributed by atoms with E-state index in [4.69, 9.17) is 14.3 Å². The molecule has 8 nitrogen and oxygen atoms in total. The van der Waals surface area contributed by atoms with Crippen LogP contribution in [0.25, 0.3) is 10.8 Å². The van der Waals surface area contributed by atoms with Gasteiger partial charge >= 0.3 is 0 Å². The number of hydrogen-bond donors (Lipinski definition) is 2. The van der Waals surface area contributed by atoms with Crippen molar-refractivity contribution in [2.24, 2.45) is 5.92 Å². The summed E-state index contributed by atoms with van der Waals surface area (Å²) >= 11 is 0. The summed E-state index contributed by atoms with van der Waals surface area (Å²) < 4.78 is 25.1. The van der Waals surface area contributed by atoms with Crippen molar-refractivity contribution in [1.29, 1.82) is 5.26 Å². The first-order chi connectivity index (χ1) is 13.5. The largest absolute Gasteiger partial charge is 0.495 e. The predicted octanol–water partition coefficient (Wildman–Crippen LogP) is 2.33. The second-order valence-electron chi connectivity index (χ2n) is 6.39. The molecular formula is C19H21FN4O4. The predicted molar refractivity (Wildman–Crippen MR) is 99.7 cm³/mol. The summed E-state index contributed by atoms with van der Waals surface area (Å²) in [5.41, 5.74) is 3.61. The molecule has 1 aromatic carbocycles. The molecule has 9 heteroatoms. The molecule has 2 aromatic rings. The van der Waals surface area contributed by atoms with E-state index in [2.05, 4.69) is 21.9 Å². The number of carbonyl (C=O) groups is 1. The third-order valence-corrected chi connectivity index (χ3v) is 4.85. The first-order valence-corrected chi connectivity index (χ1v) is 8.81. The van der Waals surface area contributed by atoms with Crippen LogP contribution in [-0.2, 0) is 9.63 Å². The van der Waals surface area contributed by atoms with Crippen molar-refractivity contribution >= 4 is 22.4 Å². The van der Waals surface area contributed by atoms with Crippen LogP contribution in [0.2, 0.25) is 0 Å². The summed E-state index contributed by atoms with van der Waals surface area (Å²) in [6, 6.07) is 4.94. The van der Waals surface area contributed by atoms with Gasteiger partial charge in [-0.25, -0.2) is 9.37 Å². The number of nitriles is 1. The number of nitrogens with one attached hydrogen (secondary N) is 2. The van der Waals surface area contributed by atoms with Crippen molar-refractivity contribution in [3.8, 4) is 17.7 Å². The number of methoxy groups -OCH3 is 1. The van der Waals surface area contributed by atoms with Crippen molar-refractivity contribution < 1.29 is 23.5 Å². The normalized spacial score (nSPS) is 21.2. The Balaban J connectivity index is 1.96. The number of alkyl halides is 1. The van der Waals surface area contributed by atoms with Gasteiger partial charge in [0.25, 0.3) is 5.91 Å². The van der Waals surface area contributed by atoms with Crippen molar-refractivity contribution in [2.75, 3.05) is 26.3 Å². The molecule has 0 bridgehead atoms. The number of amides is 1. The minimum Gasteiger partial charge on any atom is -0.495 e. The molecule has 3 rings (SSSR count). The van der Waals surface area contributed by atoms with E-state index < -0.39 is 24.0 Å². The number of ether oxygens (including phenoxy) is 2. The van der Waals surface area contributed by atoms with Gasteiger partial charge in [0.2, 0.25) is 5.88 Å². The van der Waals surface area contributed by atoms with Gasteiger partial charge in [0, 0.05) is 16.7 Å². The van der Waals surface area contributed by atoms with E-state index in [-0.39, 0.29) is 12.5 Å². The van der Waals surface area contributed by atoms with Crippen molar-refractivity contribution in [3.05, 3.63) is 23.9 Å². The number of fused-ring (bicyclic) bond motifs is 1. The Kier molecular flexibility index (Phi) is 5.80. The molecule has 3 unspecified atom stereocenters. The van der Waals surface area contributed by atoms with Gasteiger partial charge in [-0.15, -0.1) is 0 Å². The monoisotopic (exact) mass is 388 g/mol. The molecule has 2 heterocycles. The smallest absolute Gasteiger partial charge is 0.255 e. The van der Waals surface area contributed by atoms with Gasteiger partial charge in [-0.05, 0) is 18.6 Å². The molecular weight excluding hydrogens is 367 g/mol. The lowest BCUT2D eigenvalue weighted by molar-refractivity contribution is -0.123. The molecule has 1 amide bonds. The average molecular weight is 388 g/mol. The molecule has 3 atom stereocenters. The highest BCUT2D eigenvalue weighted by Crippen LogP contribution is 2.35. The Morgan fingerprint density at radius 1 is 1.36 bits per heavy atom. The average Bonchev–Trinajstić information content (AvgIpc) is 2.99. The standard InChI is InChI=1S/C19H21FN4O4/c1-4-11-15(23-18(25)17(11)20)9-28-19-13-6-16(26-2)10(7-21)5-12(13)14(8-22-19)24-27-3/h5-6,8,11,15,17,24H,4,9H2,1-3H3,(H,23,25). The van der Waals surface area contributed by atoms with E-state index in [9.17, 15) is 14.4 Å². The Bertz CT molecular complexity index is 930. The SMILES string of the molecule is CCC1C(COc2ncc(NOC)c3cc(C#N)c(OC)cc23)NC(=O)C1F. The summed E-state index contributed by atoms with van der Waals surface area (Å²) in [4.78, 5) is 20.9. The number of hydrogen-bond acceptors (Lipinski definition) is 7. The summed E-state index contributed by atoms with van der Waals surface area (Å²) in [6.07, 6.45) is 0.491. The quantitative estimate of drug-likeness (QED) is 0.701. The van der Waals surface area contributed by atoms with Crippen molar-refractivity contribution in [1.82, 2.24) is 10.3 Å². The highest BCUT2D eigenvalue weighted by molar-refractivity contribution is 5.98. The second kappa shape index (κ2) is 8.27. The number of aromatic nitrogens is 1. The van der Waals surface area contributed by atoms with E-state index in [1.54, 1.807) is 12.1 Å². The van der Waals surface area contributed by atoms with Crippen LogP contribution in [0.4, 0.5) is 10.1 Å². The number of nitrogens with zero attached hydrogens (tertiary/aromatic N) is 2. The fourth-order valence-corrected chi connectivity index (χ4v) is 3.40. The van der Waals surface area contributed by atoms with Crippen LogP contribution >= 0.6 is 0 Å². The lowest BCUT2D eigenvalue weighted by Gasteiger charge is -2.19. The topological polar surface area (TPSA) is 106 Å². The number of pyridine rings is 1. The Labute approximate surface area is 161 Å². The molecule has 0 radical (unpaired) electrons. The molecule has 1 fully saturated rings. The van der Waals surface area contributed by atoms with Crippen LogP contribution < -0.4 is 20.3 Å². The fourth-order valence-electron chi connectivity index (χ4n) is 3.40. The lowest BCUT2D eigenvalue weighted by atomic mass is 9.97. The van der Waals surface area contributed by atoms with E-state index >= 15 is 0 Å². The van der Waals surface area contributed by atoms with Gasteiger partial charge < -0.3 is 14.8 Å². The number of rotatable bonds is 7. The van der Waals surface area contributed by atoms with Crippen LogP contribution in [0.1, 0.15) is 18.9 Å². The maximum absolute atomic E-state index is 14.0. The molecule has 148 valence electrons. The van der Waals surface area contributed by atoms with Crippen molar-refractivity contribution in [3.63, 3.8) is 0 Å². The minimum atomic E-state index is -1.53. The summed E-state index contributed by atoms with van der Waals surface area (Å²) in [5.74, 6) is -0.405. The molecule has 1 aromatic heterocycles. The van der Waals surface area contributed by atoms with E-state index in [0.29, 0.717) is 34.2 Å². The molecule has 1 aliphatic heterocycles. The van der Waals surface area contributed by atoms with Gasteiger partial charge in [0.05, 0.1) is 37.7 Å². The van der Waals surface area contributed by atoms with Crippen LogP contribution in [0.5, 0.6) is 11.6 Å². The van der Waals surface area contributed by atoms with Gasteiger partial charge in [-0.2, -0.15) is 5.26 Å². The van der Waals surface area contributed by atoms with Crippen molar-refractivity contribution in [2.45, 2.75) is 25.6 Å². The molecule has 1 aliphatic rings. The number of anilines is 1. The van der Waals surface area contributed by atoms with Crippen LogP contribution in [0.3, 0.4) is 0 Å². The zero-order valence-electron chi connectivity index (χ0n) is 15.8. The van der Waals surface area contributed by atoms with Gasteiger partial charge in [-0.3, -0.25) is 15.1 Å². The summed E-state index contributed by atoms with van der Waals surface area (Å²) in [7, 11) is 2.93. The first kappa shape index (κ1) is 19.6. The fraction of sp³-hybridized carbons (Fsp3) is 0.421. The third-order valence-electron chi connectivity index (χ3n) is 4.85. The maximum Gasteiger partial charge on any atom is 0.255 e. The van der Waals surface area contributed by atoms with E-state index in [1.807, 2.05) is 6.92 Å². The van der Waals surface area contributed by atoms with Gasteiger partial charge in [0.15, 0.2) is 6.17 Å². The second-order valence-corrected chi connectivity index (χ2v) is 6.39. The minimum absolute atomic E-state index is 0.0755. The number of benzene rings is 1. The van der Waals surface area contributed by atoms with E-state index in [0.717, 1.165) is 0 Å². The van der Waals surface area contributed by atoms with Crippen LogP contribution in [-0.4, -0.2) is 43.9 Å². The Hall–Kier alpha value is -3.12. The highest BCUT2D eigenvalue weighted by Gasteiger charge is 2.41. The molecule has 0 saturated carbocycles. The lowest BCUT2D eigenvalue weighted by Crippen LogP contribution is -2.34. The number of carbonyl (C=O) groups excluding carboxylic acids is 1. The van der Waals surface area contributed by atoms with E-state index in [1.165, 1.54) is 20.4 Å². The maximum atomic E-state index is 14.0. The molecule has 2 N–H and O–H groups in total. The molecule has 28 heavy (non-hydrogen) atoms. The Morgan fingerprint density at radius 2 is 2.14 bits per heavy atom.